The number of benzene rings is 1. The molecule has 1 atom stereocenters. The maximum absolute atomic E-state index is 12.7. The van der Waals surface area contributed by atoms with Crippen LogP contribution in [0.3, 0.4) is 0 Å². The second-order valence-electron chi connectivity index (χ2n) is 10.3. The fraction of sp³-hybridized carbons (Fsp3) is 0.500. The number of aromatic nitrogens is 3. The molecule has 1 aliphatic rings. The summed E-state index contributed by atoms with van der Waals surface area (Å²) in [4.78, 5) is 31.6. The Morgan fingerprint density at radius 3 is 2.71 bits per heavy atom. The van der Waals surface area contributed by atoms with Crippen LogP contribution in [0.25, 0.3) is 22.4 Å². The Morgan fingerprint density at radius 2 is 2.03 bits per heavy atom. The fourth-order valence-corrected chi connectivity index (χ4v) is 4.64. The van der Waals surface area contributed by atoms with E-state index >= 15 is 0 Å². The third-order valence-electron chi connectivity index (χ3n) is 6.23. The summed E-state index contributed by atoms with van der Waals surface area (Å²) < 4.78 is 9.34. The lowest BCUT2D eigenvalue weighted by Crippen LogP contribution is -2.43. The summed E-state index contributed by atoms with van der Waals surface area (Å²) in [5, 5.41) is 9.70. The Kier molecular flexibility index (Phi) is 6.53. The van der Waals surface area contributed by atoms with Gasteiger partial charge in [-0.15, -0.1) is 0 Å². The van der Waals surface area contributed by atoms with Crippen LogP contribution in [0.2, 0.25) is 0 Å². The molecule has 1 amide bonds. The monoisotopic (exact) mass is 466 g/mol. The van der Waals surface area contributed by atoms with E-state index in [0.29, 0.717) is 25.2 Å². The minimum Gasteiger partial charge on any atom is -0.444 e. The first-order chi connectivity index (χ1) is 16.1. The number of hydrogen-bond donors (Lipinski definition) is 1. The highest BCUT2D eigenvalue weighted by Crippen LogP contribution is 2.29. The summed E-state index contributed by atoms with van der Waals surface area (Å²) >= 11 is 0. The minimum absolute atomic E-state index is 0.0331. The first kappa shape index (κ1) is 24.0. The number of amides is 1. The number of carbonyl (C=O) groups is 1. The van der Waals surface area contributed by atoms with Crippen molar-refractivity contribution in [3.05, 3.63) is 51.9 Å². The average molecular weight is 467 g/mol. The highest BCUT2D eigenvalue weighted by Gasteiger charge is 2.29. The molecule has 34 heavy (non-hydrogen) atoms. The molecule has 0 radical (unpaired) electrons. The molecule has 8 heteroatoms. The molecule has 2 aromatic heterocycles. The standard InChI is InChI=1S/C26H34N4O4/c1-17-11-20(15-28(5)24(17)32)23-27-21-9-8-18(16-31)12-22(21)30(23)14-19-7-6-10-29(13-19)25(33)34-26(2,3)4/h8-9,11-12,15,19,31H,6-7,10,13-14,16H2,1-5H3/t19-/m0/s1. The average Bonchev–Trinajstić information content (AvgIpc) is 3.13. The molecule has 0 aliphatic carbocycles. The number of ether oxygens (including phenoxy) is 1. The third kappa shape index (κ3) is 5.01. The van der Waals surface area contributed by atoms with Crippen molar-refractivity contribution in [2.75, 3.05) is 13.1 Å². The van der Waals surface area contributed by atoms with Gasteiger partial charge in [0, 0.05) is 44.0 Å². The van der Waals surface area contributed by atoms with Gasteiger partial charge < -0.3 is 23.9 Å². The Hall–Kier alpha value is -3.13. The molecule has 3 aromatic rings. The second-order valence-corrected chi connectivity index (χ2v) is 10.3. The van der Waals surface area contributed by atoms with E-state index in [4.69, 9.17) is 9.72 Å². The molecular formula is C26H34N4O4. The molecule has 1 fully saturated rings. The topological polar surface area (TPSA) is 89.6 Å². The first-order valence-electron chi connectivity index (χ1n) is 11.8. The van der Waals surface area contributed by atoms with E-state index in [-0.39, 0.29) is 24.2 Å². The molecule has 1 aliphatic heterocycles. The Bertz CT molecular complexity index is 1240. The van der Waals surface area contributed by atoms with Gasteiger partial charge in [0.2, 0.25) is 0 Å². The lowest BCUT2D eigenvalue weighted by molar-refractivity contribution is 0.0158. The summed E-state index contributed by atoms with van der Waals surface area (Å²) in [6.07, 6.45) is 3.44. The van der Waals surface area contributed by atoms with Gasteiger partial charge in [-0.1, -0.05) is 6.07 Å². The number of imidazole rings is 1. The molecule has 0 bridgehead atoms. The lowest BCUT2D eigenvalue weighted by atomic mass is 9.98. The molecule has 0 spiro atoms. The van der Waals surface area contributed by atoms with Gasteiger partial charge in [0.15, 0.2) is 0 Å². The highest BCUT2D eigenvalue weighted by atomic mass is 16.6. The van der Waals surface area contributed by atoms with E-state index in [1.807, 2.05) is 58.2 Å². The smallest absolute Gasteiger partial charge is 0.410 e. The maximum Gasteiger partial charge on any atom is 0.410 e. The summed E-state index contributed by atoms with van der Waals surface area (Å²) in [7, 11) is 1.75. The van der Waals surface area contributed by atoms with E-state index in [1.165, 1.54) is 0 Å². The van der Waals surface area contributed by atoms with Crippen LogP contribution in [0.4, 0.5) is 4.79 Å². The van der Waals surface area contributed by atoms with Crippen molar-refractivity contribution in [1.82, 2.24) is 19.0 Å². The molecule has 1 aromatic carbocycles. The van der Waals surface area contributed by atoms with Crippen LogP contribution in [0.5, 0.6) is 0 Å². The van der Waals surface area contributed by atoms with E-state index in [2.05, 4.69) is 4.57 Å². The molecule has 8 nitrogen and oxygen atoms in total. The fourth-order valence-electron chi connectivity index (χ4n) is 4.64. The van der Waals surface area contributed by atoms with Gasteiger partial charge in [0.1, 0.15) is 11.4 Å². The number of rotatable bonds is 4. The number of fused-ring (bicyclic) bond motifs is 1. The van der Waals surface area contributed by atoms with Crippen molar-refractivity contribution in [1.29, 1.82) is 0 Å². The highest BCUT2D eigenvalue weighted by molar-refractivity contribution is 5.81. The van der Waals surface area contributed by atoms with Crippen LogP contribution >= 0.6 is 0 Å². The third-order valence-corrected chi connectivity index (χ3v) is 6.23. The number of pyridine rings is 1. The van der Waals surface area contributed by atoms with Crippen LogP contribution < -0.4 is 5.56 Å². The van der Waals surface area contributed by atoms with Crippen molar-refractivity contribution in [2.45, 2.75) is 59.3 Å². The van der Waals surface area contributed by atoms with Crippen LogP contribution in [0, 0.1) is 12.8 Å². The molecule has 0 saturated carbocycles. The summed E-state index contributed by atoms with van der Waals surface area (Å²) in [5.74, 6) is 1.00. The molecule has 3 heterocycles. The zero-order chi connectivity index (χ0) is 24.6. The lowest BCUT2D eigenvalue weighted by Gasteiger charge is -2.34. The first-order valence-corrected chi connectivity index (χ1v) is 11.8. The van der Waals surface area contributed by atoms with Crippen molar-refractivity contribution in [3.63, 3.8) is 0 Å². The van der Waals surface area contributed by atoms with Crippen LogP contribution in [0.1, 0.15) is 44.7 Å². The molecule has 4 rings (SSSR count). The van der Waals surface area contributed by atoms with Crippen LogP contribution in [-0.4, -0.2) is 48.9 Å². The molecule has 0 unspecified atom stereocenters. The van der Waals surface area contributed by atoms with E-state index in [1.54, 1.807) is 16.5 Å². The summed E-state index contributed by atoms with van der Waals surface area (Å²) in [5.41, 5.74) is 3.54. The van der Waals surface area contributed by atoms with E-state index < -0.39 is 5.60 Å². The Labute approximate surface area is 199 Å². The quantitative estimate of drug-likeness (QED) is 0.631. The number of piperidine rings is 1. The molecule has 182 valence electrons. The zero-order valence-electron chi connectivity index (χ0n) is 20.7. The van der Waals surface area contributed by atoms with E-state index in [9.17, 15) is 14.7 Å². The van der Waals surface area contributed by atoms with Crippen molar-refractivity contribution >= 4 is 17.1 Å². The Balaban J connectivity index is 1.71. The van der Waals surface area contributed by atoms with Gasteiger partial charge in [-0.25, -0.2) is 9.78 Å². The predicted molar refractivity (Wildman–Crippen MR) is 132 cm³/mol. The SMILES string of the molecule is Cc1cc(-c2nc3ccc(CO)cc3n2C[C@H]2CCCN(C(=O)OC(C)(C)C)C2)cn(C)c1=O. The Morgan fingerprint density at radius 1 is 1.26 bits per heavy atom. The molecule has 1 N–H and O–H groups in total. The predicted octanol–water partition coefficient (Wildman–Crippen LogP) is 3.85. The number of carbonyl (C=O) groups excluding carboxylic acids is 1. The summed E-state index contributed by atoms with van der Waals surface area (Å²) in [6.45, 7) is 9.37. The van der Waals surface area contributed by atoms with Crippen molar-refractivity contribution < 1.29 is 14.6 Å². The van der Waals surface area contributed by atoms with Crippen LogP contribution in [0.15, 0.2) is 35.3 Å². The molecule has 1 saturated heterocycles. The number of aliphatic hydroxyl groups excluding tert-OH is 1. The number of aryl methyl sites for hydroxylation is 2. The zero-order valence-corrected chi connectivity index (χ0v) is 20.7. The van der Waals surface area contributed by atoms with Gasteiger partial charge in [-0.05, 0) is 70.2 Å². The number of hydrogen-bond acceptors (Lipinski definition) is 5. The summed E-state index contributed by atoms with van der Waals surface area (Å²) in [6, 6.07) is 7.64. The van der Waals surface area contributed by atoms with E-state index in [0.717, 1.165) is 40.8 Å². The minimum atomic E-state index is -0.528. The number of nitrogens with zero attached hydrogens (tertiary/aromatic N) is 4. The molecular weight excluding hydrogens is 432 g/mol. The largest absolute Gasteiger partial charge is 0.444 e. The van der Waals surface area contributed by atoms with Gasteiger partial charge in [0.05, 0.1) is 17.6 Å². The van der Waals surface area contributed by atoms with Crippen molar-refractivity contribution in [3.8, 4) is 11.4 Å². The van der Waals surface area contributed by atoms with Gasteiger partial charge in [0.25, 0.3) is 5.56 Å². The van der Waals surface area contributed by atoms with Gasteiger partial charge >= 0.3 is 6.09 Å². The maximum atomic E-state index is 12.7. The van der Waals surface area contributed by atoms with Crippen molar-refractivity contribution in [2.24, 2.45) is 13.0 Å². The van der Waals surface area contributed by atoms with Crippen LogP contribution in [-0.2, 0) is 24.9 Å². The second kappa shape index (κ2) is 9.25. The number of aliphatic hydroxyl groups is 1. The van der Waals surface area contributed by atoms with Gasteiger partial charge in [-0.2, -0.15) is 0 Å². The van der Waals surface area contributed by atoms with Gasteiger partial charge in [-0.3, -0.25) is 4.79 Å². The number of likely N-dealkylation sites (tertiary alicyclic amines) is 1. The normalized spacial score (nSPS) is 16.8.